The fraction of sp³-hybridized carbons (Fsp3) is 0.350. The predicted molar refractivity (Wildman–Crippen MR) is 94.7 cm³/mol. The molecule has 0 saturated carbocycles. The minimum Gasteiger partial charge on any atom is -0.344 e. The van der Waals surface area contributed by atoms with Gasteiger partial charge >= 0.3 is 0 Å². The van der Waals surface area contributed by atoms with Crippen LogP contribution in [0.15, 0.2) is 54.9 Å². The van der Waals surface area contributed by atoms with Crippen molar-refractivity contribution in [3.63, 3.8) is 0 Å². The molecule has 0 spiro atoms. The van der Waals surface area contributed by atoms with Crippen molar-refractivity contribution < 1.29 is 8.78 Å². The number of hydrogen-bond acceptors (Lipinski definition) is 2. The minimum atomic E-state index is -0.528. The van der Waals surface area contributed by atoms with Crippen LogP contribution in [0.25, 0.3) is 10.9 Å². The van der Waals surface area contributed by atoms with Crippen molar-refractivity contribution in [2.45, 2.75) is 24.9 Å². The predicted octanol–water partition coefficient (Wildman–Crippen LogP) is 4.52. The standard InChI is InChI=1S/C20H21F2N3/c21-13-19(16-5-6-20(22)23-14-16)24-10-8-17(9-11-24)25-12-7-15-3-1-2-4-18(15)25/h1-7,12,14,17,19H,8-11,13H2. The van der Waals surface area contributed by atoms with Gasteiger partial charge in [-0.1, -0.05) is 24.3 Å². The van der Waals surface area contributed by atoms with Gasteiger partial charge in [0.15, 0.2) is 0 Å². The number of aromatic nitrogens is 2. The molecule has 2 aromatic heterocycles. The molecule has 3 aromatic rings. The summed E-state index contributed by atoms with van der Waals surface area (Å²) in [6.45, 7) is 1.16. The number of nitrogens with zero attached hydrogens (tertiary/aromatic N) is 3. The molecule has 0 bridgehead atoms. The molecular weight excluding hydrogens is 320 g/mol. The minimum absolute atomic E-state index is 0.338. The van der Waals surface area contributed by atoms with Gasteiger partial charge in [0.05, 0.1) is 6.04 Å². The van der Waals surface area contributed by atoms with Crippen LogP contribution >= 0.6 is 0 Å². The van der Waals surface area contributed by atoms with Crippen LogP contribution in [0.1, 0.15) is 30.5 Å². The summed E-state index contributed by atoms with van der Waals surface area (Å²) in [5, 5.41) is 1.25. The van der Waals surface area contributed by atoms with Crippen molar-refractivity contribution in [1.82, 2.24) is 14.5 Å². The molecule has 1 aromatic carbocycles. The lowest BCUT2D eigenvalue weighted by Crippen LogP contribution is -2.38. The maximum atomic E-state index is 13.6. The van der Waals surface area contributed by atoms with Crippen LogP contribution in [0.5, 0.6) is 0 Å². The van der Waals surface area contributed by atoms with E-state index in [0.717, 1.165) is 31.5 Å². The van der Waals surface area contributed by atoms with Gasteiger partial charge in [-0.05, 0) is 42.0 Å². The fourth-order valence-electron chi connectivity index (χ4n) is 3.88. The summed E-state index contributed by atoms with van der Waals surface area (Å²) < 4.78 is 29.0. The molecule has 5 heteroatoms. The average molecular weight is 341 g/mol. The number of likely N-dealkylation sites (tertiary alicyclic amines) is 1. The third kappa shape index (κ3) is 3.16. The summed E-state index contributed by atoms with van der Waals surface area (Å²) >= 11 is 0. The molecule has 1 fully saturated rings. The van der Waals surface area contributed by atoms with Crippen LogP contribution in [0.4, 0.5) is 8.78 Å². The second kappa shape index (κ2) is 6.92. The first-order valence-corrected chi connectivity index (χ1v) is 8.73. The topological polar surface area (TPSA) is 21.1 Å². The highest BCUT2D eigenvalue weighted by atomic mass is 19.1. The van der Waals surface area contributed by atoms with Gasteiger partial charge in [0.2, 0.25) is 5.95 Å². The Hall–Kier alpha value is -2.27. The van der Waals surface area contributed by atoms with Crippen LogP contribution in [0.3, 0.4) is 0 Å². The molecule has 0 aliphatic carbocycles. The summed E-state index contributed by atoms with van der Waals surface area (Å²) in [6, 6.07) is 13.6. The number of fused-ring (bicyclic) bond motifs is 1. The summed E-state index contributed by atoms with van der Waals surface area (Å²) in [4.78, 5) is 5.82. The molecule has 0 N–H and O–H groups in total. The summed E-state index contributed by atoms with van der Waals surface area (Å²) in [5.41, 5.74) is 2.00. The van der Waals surface area contributed by atoms with Gasteiger partial charge < -0.3 is 4.57 Å². The first kappa shape index (κ1) is 16.2. The average Bonchev–Trinajstić information content (AvgIpc) is 3.09. The van der Waals surface area contributed by atoms with Crippen molar-refractivity contribution >= 4 is 10.9 Å². The highest BCUT2D eigenvalue weighted by Gasteiger charge is 2.27. The van der Waals surface area contributed by atoms with E-state index >= 15 is 0 Å². The van der Waals surface area contributed by atoms with Crippen LogP contribution in [-0.4, -0.2) is 34.2 Å². The molecule has 1 aliphatic rings. The number of alkyl halides is 1. The molecule has 3 nitrogen and oxygen atoms in total. The van der Waals surface area contributed by atoms with E-state index in [0.29, 0.717) is 6.04 Å². The van der Waals surface area contributed by atoms with Crippen molar-refractivity contribution in [1.29, 1.82) is 0 Å². The Morgan fingerprint density at radius 2 is 1.88 bits per heavy atom. The molecular formula is C20H21F2N3. The maximum Gasteiger partial charge on any atom is 0.212 e. The van der Waals surface area contributed by atoms with Gasteiger partial charge in [-0.3, -0.25) is 4.90 Å². The van der Waals surface area contributed by atoms with Crippen LogP contribution in [0, 0.1) is 5.95 Å². The fourth-order valence-corrected chi connectivity index (χ4v) is 3.88. The van der Waals surface area contributed by atoms with Gasteiger partial charge in [0, 0.05) is 37.0 Å². The molecule has 1 atom stereocenters. The normalized spacial score (nSPS) is 17.8. The van der Waals surface area contributed by atoms with E-state index in [9.17, 15) is 8.78 Å². The Morgan fingerprint density at radius 1 is 1.08 bits per heavy atom. The number of pyridine rings is 1. The quantitative estimate of drug-likeness (QED) is 0.651. The zero-order valence-corrected chi connectivity index (χ0v) is 14.0. The number of hydrogen-bond donors (Lipinski definition) is 0. The van der Waals surface area contributed by atoms with E-state index < -0.39 is 12.6 Å². The Kier molecular flexibility index (Phi) is 4.49. The number of piperidine rings is 1. The number of benzene rings is 1. The van der Waals surface area contributed by atoms with Crippen molar-refractivity contribution in [3.8, 4) is 0 Å². The number of rotatable bonds is 4. The largest absolute Gasteiger partial charge is 0.344 e. The zero-order chi connectivity index (χ0) is 17.2. The highest BCUT2D eigenvalue weighted by molar-refractivity contribution is 5.80. The molecule has 1 aliphatic heterocycles. The second-order valence-corrected chi connectivity index (χ2v) is 6.63. The summed E-state index contributed by atoms with van der Waals surface area (Å²) in [5.74, 6) is -0.528. The lowest BCUT2D eigenvalue weighted by Gasteiger charge is -2.37. The first-order chi connectivity index (χ1) is 12.3. The van der Waals surface area contributed by atoms with Gasteiger partial charge in [-0.2, -0.15) is 4.39 Å². The van der Waals surface area contributed by atoms with E-state index in [1.54, 1.807) is 6.07 Å². The smallest absolute Gasteiger partial charge is 0.212 e. The third-order valence-corrected chi connectivity index (χ3v) is 5.24. The van der Waals surface area contributed by atoms with E-state index in [1.165, 1.54) is 23.2 Å². The number of halogens is 2. The maximum absolute atomic E-state index is 13.6. The second-order valence-electron chi connectivity index (χ2n) is 6.63. The van der Waals surface area contributed by atoms with Crippen molar-refractivity contribution in [2.24, 2.45) is 0 Å². The molecule has 130 valence electrons. The van der Waals surface area contributed by atoms with Crippen molar-refractivity contribution in [3.05, 3.63) is 66.4 Å². The van der Waals surface area contributed by atoms with E-state index in [4.69, 9.17) is 0 Å². The number of para-hydroxylation sites is 1. The van der Waals surface area contributed by atoms with E-state index in [1.807, 2.05) is 0 Å². The first-order valence-electron chi connectivity index (χ1n) is 8.73. The monoisotopic (exact) mass is 341 g/mol. The SMILES string of the molecule is FCC(c1ccc(F)nc1)N1CCC(n2ccc3ccccc32)CC1. The summed E-state index contributed by atoms with van der Waals surface area (Å²) in [7, 11) is 0. The Bertz CT molecular complexity index is 836. The van der Waals surface area contributed by atoms with E-state index in [2.05, 4.69) is 51.0 Å². The Balaban J connectivity index is 1.48. The van der Waals surface area contributed by atoms with E-state index in [-0.39, 0.29) is 6.04 Å². The lowest BCUT2D eigenvalue weighted by molar-refractivity contribution is 0.116. The molecule has 1 unspecified atom stereocenters. The van der Waals surface area contributed by atoms with Crippen molar-refractivity contribution in [2.75, 3.05) is 19.8 Å². The summed E-state index contributed by atoms with van der Waals surface area (Å²) in [6.07, 6.45) is 5.56. The lowest BCUT2D eigenvalue weighted by atomic mass is 10.0. The highest BCUT2D eigenvalue weighted by Crippen LogP contribution is 2.31. The molecule has 1 saturated heterocycles. The van der Waals surface area contributed by atoms with Crippen LogP contribution in [-0.2, 0) is 0 Å². The van der Waals surface area contributed by atoms with Gasteiger partial charge in [0.25, 0.3) is 0 Å². The van der Waals surface area contributed by atoms with Gasteiger partial charge in [0.1, 0.15) is 6.67 Å². The van der Waals surface area contributed by atoms with Gasteiger partial charge in [-0.15, -0.1) is 0 Å². The van der Waals surface area contributed by atoms with Crippen LogP contribution in [0.2, 0.25) is 0 Å². The Labute approximate surface area is 145 Å². The molecule has 0 radical (unpaired) electrons. The molecule has 0 amide bonds. The third-order valence-electron chi connectivity index (χ3n) is 5.24. The Morgan fingerprint density at radius 3 is 2.60 bits per heavy atom. The van der Waals surface area contributed by atoms with Crippen LogP contribution < -0.4 is 0 Å². The molecule has 3 heterocycles. The molecule has 4 rings (SSSR count). The van der Waals surface area contributed by atoms with Gasteiger partial charge in [-0.25, -0.2) is 9.37 Å². The molecule has 25 heavy (non-hydrogen) atoms. The zero-order valence-electron chi connectivity index (χ0n) is 14.0.